The van der Waals surface area contributed by atoms with Crippen LogP contribution < -0.4 is 10.0 Å². The molecule has 0 aliphatic carbocycles. The number of anilines is 3. The van der Waals surface area contributed by atoms with Crippen LogP contribution in [0.15, 0.2) is 64.9 Å². The second-order valence-electron chi connectivity index (χ2n) is 6.07. The van der Waals surface area contributed by atoms with E-state index in [1.807, 2.05) is 49.4 Å². The van der Waals surface area contributed by atoms with Crippen LogP contribution in [0.5, 0.6) is 0 Å². The van der Waals surface area contributed by atoms with Crippen molar-refractivity contribution < 1.29 is 8.42 Å². The predicted octanol–water partition coefficient (Wildman–Crippen LogP) is 5.20. The Hall–Kier alpha value is -2.68. The number of nitrogens with zero attached hydrogens (tertiary/aromatic N) is 2. The van der Waals surface area contributed by atoms with E-state index in [0.29, 0.717) is 21.2 Å². The van der Waals surface area contributed by atoms with Gasteiger partial charge in [-0.3, -0.25) is 4.72 Å². The van der Waals surface area contributed by atoms with Gasteiger partial charge in [0.2, 0.25) is 0 Å². The van der Waals surface area contributed by atoms with E-state index < -0.39 is 10.0 Å². The van der Waals surface area contributed by atoms with Gasteiger partial charge in [0.1, 0.15) is 4.21 Å². The van der Waals surface area contributed by atoms with Crippen molar-refractivity contribution in [1.82, 2.24) is 9.97 Å². The highest BCUT2D eigenvalue weighted by Gasteiger charge is 2.20. The topological polar surface area (TPSA) is 84.0 Å². The molecule has 0 atom stereocenters. The van der Waals surface area contributed by atoms with E-state index in [9.17, 15) is 8.42 Å². The van der Waals surface area contributed by atoms with E-state index in [1.54, 1.807) is 12.1 Å². The standard InChI is InChI=1S/C19H15ClN4O2S2/c1-12-5-4-6-13(11-12)21-18-19(23-15-8-3-2-7-14(15)22-18)24-28(25,26)17-10-9-16(20)27-17/h2-11H,1H3,(H,21,22)(H,23,24). The van der Waals surface area contributed by atoms with Crippen molar-refractivity contribution in [2.24, 2.45) is 0 Å². The van der Waals surface area contributed by atoms with Crippen LogP contribution in [-0.4, -0.2) is 18.4 Å². The fourth-order valence-electron chi connectivity index (χ4n) is 2.64. The molecule has 0 spiro atoms. The zero-order valence-corrected chi connectivity index (χ0v) is 17.1. The van der Waals surface area contributed by atoms with Gasteiger partial charge in [-0.05, 0) is 48.9 Å². The third kappa shape index (κ3) is 3.94. The van der Waals surface area contributed by atoms with Gasteiger partial charge in [-0.25, -0.2) is 18.4 Å². The summed E-state index contributed by atoms with van der Waals surface area (Å²) in [6.45, 7) is 1.97. The average molecular weight is 431 g/mol. The van der Waals surface area contributed by atoms with Crippen LogP contribution in [0.2, 0.25) is 4.34 Å². The number of aryl methyl sites for hydroxylation is 1. The van der Waals surface area contributed by atoms with Crippen molar-refractivity contribution in [3.05, 3.63) is 70.6 Å². The monoisotopic (exact) mass is 430 g/mol. The number of hydrogen-bond donors (Lipinski definition) is 2. The van der Waals surface area contributed by atoms with Gasteiger partial charge < -0.3 is 5.32 Å². The first kappa shape index (κ1) is 18.7. The number of hydrogen-bond acceptors (Lipinski definition) is 6. The molecular formula is C19H15ClN4O2S2. The molecule has 0 saturated heterocycles. The van der Waals surface area contributed by atoms with Crippen LogP contribution in [0.4, 0.5) is 17.3 Å². The van der Waals surface area contributed by atoms with Crippen molar-refractivity contribution in [3.8, 4) is 0 Å². The van der Waals surface area contributed by atoms with Gasteiger partial charge in [0.25, 0.3) is 10.0 Å². The molecule has 0 saturated carbocycles. The molecule has 2 aromatic heterocycles. The molecule has 0 unspecified atom stereocenters. The van der Waals surface area contributed by atoms with Crippen molar-refractivity contribution >= 4 is 61.3 Å². The molecule has 0 fully saturated rings. The number of halogens is 1. The van der Waals surface area contributed by atoms with Crippen LogP contribution in [0.3, 0.4) is 0 Å². The van der Waals surface area contributed by atoms with Crippen LogP contribution in [-0.2, 0) is 10.0 Å². The summed E-state index contributed by atoms with van der Waals surface area (Å²) in [5, 5.41) is 3.16. The number of rotatable bonds is 5. The number of aromatic nitrogens is 2. The van der Waals surface area contributed by atoms with Gasteiger partial charge in [-0.15, -0.1) is 11.3 Å². The Morgan fingerprint density at radius 2 is 1.64 bits per heavy atom. The van der Waals surface area contributed by atoms with Crippen LogP contribution >= 0.6 is 22.9 Å². The first-order valence-electron chi connectivity index (χ1n) is 8.29. The highest BCUT2D eigenvalue weighted by molar-refractivity contribution is 7.94. The Bertz CT molecular complexity index is 1270. The SMILES string of the molecule is Cc1cccc(Nc2nc3ccccc3nc2NS(=O)(=O)c2ccc(Cl)s2)c1. The largest absolute Gasteiger partial charge is 0.337 e. The predicted molar refractivity (Wildman–Crippen MR) is 114 cm³/mol. The molecule has 9 heteroatoms. The maximum absolute atomic E-state index is 12.8. The van der Waals surface area contributed by atoms with E-state index in [2.05, 4.69) is 20.0 Å². The number of fused-ring (bicyclic) bond motifs is 1. The summed E-state index contributed by atoms with van der Waals surface area (Å²) in [4.78, 5) is 9.03. The lowest BCUT2D eigenvalue weighted by Gasteiger charge is -2.13. The fourth-order valence-corrected chi connectivity index (χ4v) is 5.13. The summed E-state index contributed by atoms with van der Waals surface area (Å²) in [7, 11) is -3.84. The van der Waals surface area contributed by atoms with Crippen molar-refractivity contribution in [1.29, 1.82) is 0 Å². The molecule has 2 N–H and O–H groups in total. The smallest absolute Gasteiger partial charge is 0.272 e. The molecule has 0 bridgehead atoms. The maximum atomic E-state index is 12.8. The molecule has 2 heterocycles. The van der Waals surface area contributed by atoms with Crippen LogP contribution in [0.25, 0.3) is 11.0 Å². The zero-order chi connectivity index (χ0) is 19.7. The second kappa shape index (κ2) is 7.38. The second-order valence-corrected chi connectivity index (χ2v) is 9.69. The number of sulfonamides is 1. The van der Waals surface area contributed by atoms with Gasteiger partial charge in [-0.2, -0.15) is 0 Å². The summed E-state index contributed by atoms with van der Waals surface area (Å²) in [5.41, 5.74) is 3.08. The van der Waals surface area contributed by atoms with Crippen LogP contribution in [0, 0.1) is 6.92 Å². The molecule has 142 valence electrons. The molecule has 2 aromatic carbocycles. The van der Waals surface area contributed by atoms with Gasteiger partial charge in [0.05, 0.1) is 15.4 Å². The van der Waals surface area contributed by atoms with E-state index in [4.69, 9.17) is 11.6 Å². The van der Waals surface area contributed by atoms with Gasteiger partial charge in [0.15, 0.2) is 11.6 Å². The minimum absolute atomic E-state index is 0.106. The van der Waals surface area contributed by atoms with Gasteiger partial charge in [-0.1, -0.05) is 35.9 Å². The van der Waals surface area contributed by atoms with Crippen molar-refractivity contribution in [3.63, 3.8) is 0 Å². The molecule has 0 aliphatic heterocycles. The normalized spacial score (nSPS) is 11.5. The molecule has 4 rings (SSSR count). The first-order chi connectivity index (χ1) is 13.4. The van der Waals surface area contributed by atoms with Crippen molar-refractivity contribution in [2.75, 3.05) is 10.0 Å². The molecule has 0 aliphatic rings. The minimum atomic E-state index is -3.84. The number of benzene rings is 2. The van der Waals surface area contributed by atoms with E-state index in [-0.39, 0.29) is 10.0 Å². The lowest BCUT2D eigenvalue weighted by molar-refractivity contribution is 0.603. The average Bonchev–Trinajstić information content (AvgIpc) is 3.09. The number of para-hydroxylation sites is 2. The first-order valence-corrected chi connectivity index (χ1v) is 11.0. The van der Waals surface area contributed by atoms with Crippen LogP contribution in [0.1, 0.15) is 5.56 Å². The molecule has 28 heavy (non-hydrogen) atoms. The summed E-state index contributed by atoms with van der Waals surface area (Å²) in [5.74, 6) is 0.431. The minimum Gasteiger partial charge on any atom is -0.337 e. The number of thiophene rings is 1. The lowest BCUT2D eigenvalue weighted by atomic mass is 10.2. The molecule has 6 nitrogen and oxygen atoms in total. The summed E-state index contributed by atoms with van der Waals surface area (Å²) >= 11 is 6.86. The lowest BCUT2D eigenvalue weighted by Crippen LogP contribution is -2.15. The molecule has 0 amide bonds. The highest BCUT2D eigenvalue weighted by atomic mass is 35.5. The maximum Gasteiger partial charge on any atom is 0.272 e. The Morgan fingerprint density at radius 3 is 2.29 bits per heavy atom. The number of nitrogens with one attached hydrogen (secondary N) is 2. The van der Waals surface area contributed by atoms with Gasteiger partial charge >= 0.3 is 0 Å². The Labute approximate surface area is 171 Å². The highest BCUT2D eigenvalue weighted by Crippen LogP contribution is 2.30. The Morgan fingerprint density at radius 1 is 0.929 bits per heavy atom. The Kier molecular flexibility index (Phi) is 4.92. The van der Waals surface area contributed by atoms with Gasteiger partial charge in [0, 0.05) is 5.69 Å². The quantitative estimate of drug-likeness (QED) is 0.454. The third-order valence-corrected chi connectivity index (χ3v) is 6.96. The molecule has 0 radical (unpaired) electrons. The third-order valence-electron chi connectivity index (χ3n) is 3.90. The van der Waals surface area contributed by atoms with E-state index in [1.165, 1.54) is 6.07 Å². The fraction of sp³-hybridized carbons (Fsp3) is 0.0526. The summed E-state index contributed by atoms with van der Waals surface area (Å²) in [6, 6.07) is 18.0. The molecule has 4 aromatic rings. The van der Waals surface area contributed by atoms with Crippen molar-refractivity contribution in [2.45, 2.75) is 11.1 Å². The Balaban J connectivity index is 1.79. The van der Waals surface area contributed by atoms with E-state index in [0.717, 1.165) is 22.6 Å². The summed E-state index contributed by atoms with van der Waals surface area (Å²) in [6.07, 6.45) is 0. The zero-order valence-electron chi connectivity index (χ0n) is 14.7. The summed E-state index contributed by atoms with van der Waals surface area (Å²) < 4.78 is 28.5. The molecular weight excluding hydrogens is 416 g/mol. The van der Waals surface area contributed by atoms with E-state index >= 15 is 0 Å².